The summed E-state index contributed by atoms with van der Waals surface area (Å²) in [4.78, 5) is 9.17. The molecule has 3 rings (SSSR count). The lowest BCUT2D eigenvalue weighted by molar-refractivity contribution is 0.327. The first-order valence-corrected chi connectivity index (χ1v) is 8.35. The molecule has 1 aromatic rings. The molecule has 1 N–H and O–H groups in total. The van der Waals surface area contributed by atoms with Gasteiger partial charge in [0, 0.05) is 17.5 Å². The summed E-state index contributed by atoms with van der Waals surface area (Å²) >= 11 is 6.27. The summed E-state index contributed by atoms with van der Waals surface area (Å²) < 4.78 is 0. The molecule has 0 radical (unpaired) electrons. The van der Waals surface area contributed by atoms with E-state index >= 15 is 0 Å². The van der Waals surface area contributed by atoms with Crippen molar-refractivity contribution in [1.29, 1.82) is 0 Å². The van der Waals surface area contributed by atoms with Gasteiger partial charge in [0.15, 0.2) is 0 Å². The van der Waals surface area contributed by atoms with E-state index in [4.69, 9.17) is 16.6 Å². The van der Waals surface area contributed by atoms with Crippen LogP contribution in [0.4, 0.5) is 5.82 Å². The van der Waals surface area contributed by atoms with E-state index in [-0.39, 0.29) is 0 Å². The second-order valence-corrected chi connectivity index (χ2v) is 6.76. The molecule has 4 heteroatoms. The molecule has 3 nitrogen and oxygen atoms in total. The molecule has 0 saturated heterocycles. The van der Waals surface area contributed by atoms with Gasteiger partial charge in [-0.3, -0.25) is 0 Å². The summed E-state index contributed by atoms with van der Waals surface area (Å²) in [5.74, 6) is 3.31. The Morgan fingerprint density at radius 3 is 2.70 bits per heavy atom. The SMILES string of the molecule is CCC1CCCC(Nc2nc(C3CC3)nc(Cl)c2C)C1. The van der Waals surface area contributed by atoms with Gasteiger partial charge in [0.2, 0.25) is 0 Å². The Morgan fingerprint density at radius 2 is 2.00 bits per heavy atom. The second-order valence-electron chi connectivity index (χ2n) is 6.40. The molecular formula is C16H24ClN3. The van der Waals surface area contributed by atoms with Crippen LogP contribution in [0.15, 0.2) is 0 Å². The Bertz CT molecular complexity index is 485. The van der Waals surface area contributed by atoms with Gasteiger partial charge in [-0.05, 0) is 38.5 Å². The standard InChI is InChI=1S/C16H24ClN3/c1-3-11-5-4-6-13(9-11)18-15-10(2)14(17)19-16(20-15)12-7-8-12/h11-13H,3-9H2,1-2H3,(H,18,19,20). The number of aromatic nitrogens is 2. The van der Waals surface area contributed by atoms with E-state index < -0.39 is 0 Å². The number of rotatable bonds is 4. The maximum Gasteiger partial charge on any atom is 0.137 e. The van der Waals surface area contributed by atoms with Crippen LogP contribution in [0.3, 0.4) is 0 Å². The number of hydrogen-bond donors (Lipinski definition) is 1. The van der Waals surface area contributed by atoms with Crippen molar-refractivity contribution in [2.24, 2.45) is 5.92 Å². The molecule has 0 bridgehead atoms. The quantitative estimate of drug-likeness (QED) is 0.818. The predicted molar refractivity (Wildman–Crippen MR) is 83.4 cm³/mol. The van der Waals surface area contributed by atoms with E-state index in [0.29, 0.717) is 17.1 Å². The number of anilines is 1. The minimum absolute atomic E-state index is 0.545. The van der Waals surface area contributed by atoms with Crippen LogP contribution in [-0.2, 0) is 0 Å². The molecule has 0 spiro atoms. The van der Waals surface area contributed by atoms with E-state index in [1.54, 1.807) is 0 Å². The van der Waals surface area contributed by atoms with Crippen LogP contribution in [-0.4, -0.2) is 16.0 Å². The van der Waals surface area contributed by atoms with Crippen LogP contribution in [0.2, 0.25) is 5.15 Å². The minimum atomic E-state index is 0.545. The van der Waals surface area contributed by atoms with Crippen molar-refractivity contribution in [2.45, 2.75) is 70.8 Å². The Morgan fingerprint density at radius 1 is 1.20 bits per heavy atom. The minimum Gasteiger partial charge on any atom is -0.367 e. The highest BCUT2D eigenvalue weighted by Gasteiger charge is 2.29. The van der Waals surface area contributed by atoms with Crippen molar-refractivity contribution in [3.63, 3.8) is 0 Å². The largest absolute Gasteiger partial charge is 0.367 e. The van der Waals surface area contributed by atoms with Crippen molar-refractivity contribution >= 4 is 17.4 Å². The Labute approximate surface area is 126 Å². The van der Waals surface area contributed by atoms with E-state index in [2.05, 4.69) is 17.2 Å². The molecule has 20 heavy (non-hydrogen) atoms. The highest BCUT2D eigenvalue weighted by Crippen LogP contribution is 2.39. The van der Waals surface area contributed by atoms with Gasteiger partial charge < -0.3 is 5.32 Å². The molecule has 1 aromatic heterocycles. The summed E-state index contributed by atoms with van der Waals surface area (Å²) in [5, 5.41) is 4.26. The molecule has 2 aliphatic carbocycles. The van der Waals surface area contributed by atoms with E-state index in [1.165, 1.54) is 44.9 Å². The average molecular weight is 294 g/mol. The third kappa shape index (κ3) is 3.08. The Kier molecular flexibility index (Phi) is 4.16. The summed E-state index contributed by atoms with van der Waals surface area (Å²) in [5.41, 5.74) is 0.995. The highest BCUT2D eigenvalue weighted by atomic mass is 35.5. The van der Waals surface area contributed by atoms with E-state index in [1.807, 2.05) is 6.92 Å². The number of hydrogen-bond acceptors (Lipinski definition) is 3. The fourth-order valence-electron chi connectivity index (χ4n) is 3.16. The monoisotopic (exact) mass is 293 g/mol. The van der Waals surface area contributed by atoms with Crippen molar-refractivity contribution in [3.05, 3.63) is 16.5 Å². The van der Waals surface area contributed by atoms with Crippen LogP contribution in [0.1, 0.15) is 69.2 Å². The highest BCUT2D eigenvalue weighted by molar-refractivity contribution is 6.30. The lowest BCUT2D eigenvalue weighted by Crippen LogP contribution is -2.28. The van der Waals surface area contributed by atoms with Crippen LogP contribution in [0, 0.1) is 12.8 Å². The van der Waals surface area contributed by atoms with Crippen molar-refractivity contribution < 1.29 is 0 Å². The van der Waals surface area contributed by atoms with Crippen molar-refractivity contribution in [1.82, 2.24) is 9.97 Å². The zero-order valence-electron chi connectivity index (χ0n) is 12.5. The molecule has 2 aliphatic rings. The first-order chi connectivity index (χ1) is 9.67. The molecule has 0 aromatic carbocycles. The van der Waals surface area contributed by atoms with Gasteiger partial charge in [0.1, 0.15) is 16.8 Å². The summed E-state index contributed by atoms with van der Waals surface area (Å²) in [7, 11) is 0. The first kappa shape index (κ1) is 14.1. The maximum absolute atomic E-state index is 6.27. The summed E-state index contributed by atoms with van der Waals surface area (Å²) in [6, 6.07) is 0.547. The third-order valence-corrected chi connectivity index (χ3v) is 5.12. The molecule has 2 fully saturated rings. The third-order valence-electron chi connectivity index (χ3n) is 4.75. The second kappa shape index (κ2) is 5.88. The fraction of sp³-hybridized carbons (Fsp3) is 0.750. The Balaban J connectivity index is 1.75. The van der Waals surface area contributed by atoms with Crippen LogP contribution in [0.5, 0.6) is 0 Å². The topological polar surface area (TPSA) is 37.8 Å². The van der Waals surface area contributed by atoms with Gasteiger partial charge >= 0.3 is 0 Å². The lowest BCUT2D eigenvalue weighted by Gasteiger charge is -2.30. The summed E-state index contributed by atoms with van der Waals surface area (Å²) in [6.45, 7) is 4.31. The number of halogens is 1. The zero-order chi connectivity index (χ0) is 14.1. The molecule has 0 amide bonds. The van der Waals surface area contributed by atoms with E-state index in [9.17, 15) is 0 Å². The normalized spacial score (nSPS) is 26.6. The molecule has 2 unspecified atom stereocenters. The molecule has 110 valence electrons. The first-order valence-electron chi connectivity index (χ1n) is 7.98. The van der Waals surface area contributed by atoms with Gasteiger partial charge in [0.05, 0.1) is 0 Å². The smallest absolute Gasteiger partial charge is 0.137 e. The van der Waals surface area contributed by atoms with Gasteiger partial charge in [-0.1, -0.05) is 37.8 Å². The number of nitrogens with zero attached hydrogens (tertiary/aromatic N) is 2. The summed E-state index contributed by atoms with van der Waals surface area (Å²) in [6.07, 6.45) is 8.91. The molecule has 0 aliphatic heterocycles. The van der Waals surface area contributed by atoms with Crippen LogP contribution in [0.25, 0.3) is 0 Å². The molecule has 2 atom stereocenters. The van der Waals surface area contributed by atoms with Gasteiger partial charge in [0.25, 0.3) is 0 Å². The number of nitrogens with one attached hydrogen (secondary N) is 1. The predicted octanol–water partition coefficient (Wildman–Crippen LogP) is 4.70. The van der Waals surface area contributed by atoms with Gasteiger partial charge in [-0.15, -0.1) is 0 Å². The maximum atomic E-state index is 6.27. The zero-order valence-corrected chi connectivity index (χ0v) is 13.2. The molecule has 1 heterocycles. The van der Waals surface area contributed by atoms with Crippen LogP contribution >= 0.6 is 11.6 Å². The molecule has 2 saturated carbocycles. The average Bonchev–Trinajstić information content (AvgIpc) is 3.28. The van der Waals surface area contributed by atoms with E-state index in [0.717, 1.165) is 23.1 Å². The Hall–Kier alpha value is -0.830. The van der Waals surface area contributed by atoms with Gasteiger partial charge in [-0.25, -0.2) is 9.97 Å². The van der Waals surface area contributed by atoms with Gasteiger partial charge in [-0.2, -0.15) is 0 Å². The van der Waals surface area contributed by atoms with Crippen LogP contribution < -0.4 is 5.32 Å². The van der Waals surface area contributed by atoms with Crippen molar-refractivity contribution in [2.75, 3.05) is 5.32 Å². The molecular weight excluding hydrogens is 270 g/mol. The fourth-order valence-corrected chi connectivity index (χ4v) is 3.33. The van der Waals surface area contributed by atoms with Crippen molar-refractivity contribution in [3.8, 4) is 0 Å². The lowest BCUT2D eigenvalue weighted by atomic mass is 9.84.